The Balaban J connectivity index is 1.59. The van der Waals surface area contributed by atoms with Gasteiger partial charge in [-0.1, -0.05) is 6.07 Å². The standard InChI is InChI=1S/C14H16N2O2S/c1-9-14(19-10(2)16-9)7-15-6-11-3-4-12-13(5-11)18-8-17-12/h3-5,15H,6-8H2,1-2H3. The molecular weight excluding hydrogens is 260 g/mol. The number of hydrogen-bond donors (Lipinski definition) is 1. The SMILES string of the molecule is Cc1nc(C)c(CNCc2ccc3c(c2)OCO3)s1. The number of ether oxygens (including phenoxy) is 2. The first-order chi connectivity index (χ1) is 9.22. The summed E-state index contributed by atoms with van der Waals surface area (Å²) >= 11 is 1.75. The maximum atomic E-state index is 5.37. The smallest absolute Gasteiger partial charge is 0.231 e. The van der Waals surface area contributed by atoms with Gasteiger partial charge in [0.15, 0.2) is 11.5 Å². The van der Waals surface area contributed by atoms with Crippen molar-refractivity contribution in [3.63, 3.8) is 0 Å². The van der Waals surface area contributed by atoms with Crippen molar-refractivity contribution in [2.24, 2.45) is 0 Å². The highest BCUT2D eigenvalue weighted by Crippen LogP contribution is 2.32. The molecular formula is C14H16N2O2S. The lowest BCUT2D eigenvalue weighted by Crippen LogP contribution is -2.12. The Morgan fingerprint density at radius 3 is 2.84 bits per heavy atom. The lowest BCUT2D eigenvalue weighted by molar-refractivity contribution is 0.174. The highest BCUT2D eigenvalue weighted by Gasteiger charge is 2.13. The number of fused-ring (bicyclic) bond motifs is 1. The van der Waals surface area contributed by atoms with Crippen LogP contribution in [0, 0.1) is 13.8 Å². The van der Waals surface area contributed by atoms with Gasteiger partial charge in [-0.15, -0.1) is 11.3 Å². The van der Waals surface area contributed by atoms with Crippen LogP contribution in [-0.4, -0.2) is 11.8 Å². The number of hydrogen-bond acceptors (Lipinski definition) is 5. The van der Waals surface area contributed by atoms with Gasteiger partial charge < -0.3 is 14.8 Å². The molecule has 1 N–H and O–H groups in total. The molecule has 1 aliphatic heterocycles. The van der Waals surface area contributed by atoms with E-state index in [1.165, 1.54) is 10.4 Å². The van der Waals surface area contributed by atoms with Crippen LogP contribution < -0.4 is 14.8 Å². The van der Waals surface area contributed by atoms with Crippen molar-refractivity contribution in [3.8, 4) is 11.5 Å². The van der Waals surface area contributed by atoms with E-state index < -0.39 is 0 Å². The largest absolute Gasteiger partial charge is 0.454 e. The Labute approximate surface area is 116 Å². The van der Waals surface area contributed by atoms with Crippen molar-refractivity contribution in [3.05, 3.63) is 39.3 Å². The third-order valence-corrected chi connectivity index (χ3v) is 4.12. The zero-order valence-electron chi connectivity index (χ0n) is 11.0. The second-order valence-electron chi connectivity index (χ2n) is 4.53. The van der Waals surface area contributed by atoms with Crippen molar-refractivity contribution in [1.82, 2.24) is 10.3 Å². The van der Waals surface area contributed by atoms with Crippen LogP contribution in [0.2, 0.25) is 0 Å². The molecule has 19 heavy (non-hydrogen) atoms. The van der Waals surface area contributed by atoms with Gasteiger partial charge in [0.2, 0.25) is 6.79 Å². The summed E-state index contributed by atoms with van der Waals surface area (Å²) in [6.45, 7) is 6.09. The number of nitrogens with zero attached hydrogens (tertiary/aromatic N) is 1. The van der Waals surface area contributed by atoms with Gasteiger partial charge in [0.1, 0.15) is 0 Å². The fourth-order valence-electron chi connectivity index (χ4n) is 2.11. The Morgan fingerprint density at radius 1 is 1.21 bits per heavy atom. The molecule has 0 bridgehead atoms. The van der Waals surface area contributed by atoms with Crippen LogP contribution >= 0.6 is 11.3 Å². The predicted octanol–water partition coefficient (Wildman–Crippen LogP) is 2.78. The van der Waals surface area contributed by atoms with Gasteiger partial charge >= 0.3 is 0 Å². The average Bonchev–Trinajstić information content (AvgIpc) is 2.96. The molecule has 0 fully saturated rings. The van der Waals surface area contributed by atoms with Crippen molar-refractivity contribution < 1.29 is 9.47 Å². The highest BCUT2D eigenvalue weighted by atomic mass is 32.1. The molecule has 0 aliphatic carbocycles. The van der Waals surface area contributed by atoms with Gasteiger partial charge in [-0.3, -0.25) is 0 Å². The molecule has 0 atom stereocenters. The molecule has 5 heteroatoms. The van der Waals surface area contributed by atoms with Crippen molar-refractivity contribution >= 4 is 11.3 Å². The summed E-state index contributed by atoms with van der Waals surface area (Å²) in [6, 6.07) is 6.05. The summed E-state index contributed by atoms with van der Waals surface area (Å²) in [6.07, 6.45) is 0. The zero-order chi connectivity index (χ0) is 13.2. The maximum absolute atomic E-state index is 5.37. The van der Waals surface area contributed by atoms with E-state index in [1.807, 2.05) is 19.1 Å². The molecule has 1 aliphatic rings. The quantitative estimate of drug-likeness (QED) is 0.932. The second kappa shape index (κ2) is 5.19. The minimum absolute atomic E-state index is 0.325. The van der Waals surface area contributed by atoms with E-state index in [-0.39, 0.29) is 0 Å². The van der Waals surface area contributed by atoms with E-state index in [0.717, 1.165) is 35.3 Å². The Kier molecular flexibility index (Phi) is 3.40. The van der Waals surface area contributed by atoms with Crippen LogP contribution in [0.15, 0.2) is 18.2 Å². The molecule has 2 aromatic rings. The molecule has 0 unspecified atom stereocenters. The topological polar surface area (TPSA) is 43.4 Å². The molecule has 0 saturated heterocycles. The number of aromatic nitrogens is 1. The highest BCUT2D eigenvalue weighted by molar-refractivity contribution is 7.11. The molecule has 1 aromatic heterocycles. The monoisotopic (exact) mass is 276 g/mol. The van der Waals surface area contributed by atoms with Crippen LogP contribution in [0.1, 0.15) is 21.1 Å². The molecule has 0 radical (unpaired) electrons. The summed E-state index contributed by atoms with van der Waals surface area (Å²) < 4.78 is 10.7. The normalized spacial score (nSPS) is 12.9. The third-order valence-electron chi connectivity index (χ3n) is 3.05. The molecule has 3 rings (SSSR count). The Hall–Kier alpha value is -1.59. The van der Waals surface area contributed by atoms with E-state index in [9.17, 15) is 0 Å². The summed E-state index contributed by atoms with van der Waals surface area (Å²) in [5.74, 6) is 1.67. The van der Waals surface area contributed by atoms with E-state index in [2.05, 4.69) is 23.3 Å². The molecule has 0 saturated carbocycles. The van der Waals surface area contributed by atoms with Gasteiger partial charge in [0.25, 0.3) is 0 Å². The van der Waals surface area contributed by atoms with Crippen LogP contribution in [0.4, 0.5) is 0 Å². The van der Waals surface area contributed by atoms with Gasteiger partial charge in [-0.2, -0.15) is 0 Å². The number of nitrogens with one attached hydrogen (secondary N) is 1. The van der Waals surface area contributed by atoms with Crippen LogP contribution in [0.25, 0.3) is 0 Å². The van der Waals surface area contributed by atoms with Crippen LogP contribution in [-0.2, 0) is 13.1 Å². The molecule has 100 valence electrons. The Morgan fingerprint density at radius 2 is 2.05 bits per heavy atom. The minimum atomic E-state index is 0.325. The van der Waals surface area contributed by atoms with Gasteiger partial charge in [0.05, 0.1) is 10.7 Å². The number of thiazole rings is 1. The first kappa shape index (κ1) is 12.4. The minimum Gasteiger partial charge on any atom is -0.454 e. The predicted molar refractivity (Wildman–Crippen MR) is 74.7 cm³/mol. The third kappa shape index (κ3) is 2.72. The van der Waals surface area contributed by atoms with Crippen molar-refractivity contribution in [2.75, 3.05) is 6.79 Å². The molecule has 1 aromatic carbocycles. The molecule has 0 amide bonds. The average molecular weight is 276 g/mol. The van der Waals surface area contributed by atoms with Crippen molar-refractivity contribution in [1.29, 1.82) is 0 Å². The summed E-state index contributed by atoms with van der Waals surface area (Å²) in [5, 5.41) is 4.56. The Bertz CT molecular complexity index is 595. The fourth-order valence-corrected chi connectivity index (χ4v) is 3.02. The lowest BCUT2D eigenvalue weighted by Gasteiger charge is -2.05. The first-order valence-electron chi connectivity index (χ1n) is 6.24. The van der Waals surface area contributed by atoms with Gasteiger partial charge in [-0.05, 0) is 31.5 Å². The number of aryl methyl sites for hydroxylation is 2. The van der Waals surface area contributed by atoms with Crippen LogP contribution in [0.3, 0.4) is 0 Å². The number of rotatable bonds is 4. The molecule has 0 spiro atoms. The maximum Gasteiger partial charge on any atom is 0.231 e. The van der Waals surface area contributed by atoms with Gasteiger partial charge in [0, 0.05) is 18.0 Å². The first-order valence-corrected chi connectivity index (χ1v) is 7.06. The van der Waals surface area contributed by atoms with Crippen LogP contribution in [0.5, 0.6) is 11.5 Å². The zero-order valence-corrected chi connectivity index (χ0v) is 11.8. The van der Waals surface area contributed by atoms with E-state index in [1.54, 1.807) is 11.3 Å². The fraction of sp³-hybridized carbons (Fsp3) is 0.357. The van der Waals surface area contributed by atoms with E-state index in [4.69, 9.17) is 9.47 Å². The van der Waals surface area contributed by atoms with Gasteiger partial charge in [-0.25, -0.2) is 4.98 Å². The van der Waals surface area contributed by atoms with Crippen molar-refractivity contribution in [2.45, 2.75) is 26.9 Å². The molecule has 4 nitrogen and oxygen atoms in total. The van der Waals surface area contributed by atoms with E-state index >= 15 is 0 Å². The van der Waals surface area contributed by atoms with E-state index in [0.29, 0.717) is 6.79 Å². The summed E-state index contributed by atoms with van der Waals surface area (Å²) in [4.78, 5) is 5.73. The second-order valence-corrected chi connectivity index (χ2v) is 5.82. The number of benzene rings is 1. The summed E-state index contributed by atoms with van der Waals surface area (Å²) in [7, 11) is 0. The summed E-state index contributed by atoms with van der Waals surface area (Å²) in [5.41, 5.74) is 2.32. The molecule has 2 heterocycles. The lowest BCUT2D eigenvalue weighted by atomic mass is 10.2.